The number of carbonyl (C=O) groups excluding carboxylic acids is 2. The fourth-order valence-corrected chi connectivity index (χ4v) is 3.92. The zero-order valence-electron chi connectivity index (χ0n) is 21.4. The van der Waals surface area contributed by atoms with Crippen molar-refractivity contribution in [3.8, 4) is 0 Å². The Bertz CT molecular complexity index is 997. The van der Waals surface area contributed by atoms with E-state index < -0.39 is 63.6 Å². The summed E-state index contributed by atoms with van der Waals surface area (Å²) in [5.41, 5.74) is -1.30. The van der Waals surface area contributed by atoms with Gasteiger partial charge in [0.25, 0.3) is 10.0 Å². The number of hydrogen-bond acceptors (Lipinski definition) is 6. The van der Waals surface area contributed by atoms with Gasteiger partial charge >= 0.3 is 18.2 Å². The zero-order valence-corrected chi connectivity index (χ0v) is 22.2. The average Bonchev–Trinajstić information content (AvgIpc) is 2.67. The summed E-state index contributed by atoms with van der Waals surface area (Å²) in [6.07, 6.45) is -6.06. The lowest BCUT2D eigenvalue weighted by molar-refractivity contribution is -0.174. The van der Waals surface area contributed by atoms with Crippen molar-refractivity contribution in [2.75, 3.05) is 5.75 Å². The Morgan fingerprint density at radius 3 is 2.06 bits per heavy atom. The van der Waals surface area contributed by atoms with Crippen LogP contribution in [0.25, 0.3) is 0 Å². The standard InChI is InChI=1S/C24H35F3N2O6S/c1-22(2,3)34-20(30)19(29-21(31)35-23(4,5)6)12-14-28-36(32,33)15-13-18(24(25,26)27)16-17-10-8-7-9-11-17/h7-11,14,18-19H,12-13,15-16H2,1-6H3,(H,29,31)/t18?,19-/m0/s1. The zero-order chi connectivity index (χ0) is 27.8. The molecule has 36 heavy (non-hydrogen) atoms. The molecule has 0 saturated heterocycles. The molecule has 0 heterocycles. The minimum absolute atomic E-state index is 0.357. The maximum atomic E-state index is 13.5. The first-order chi connectivity index (χ1) is 16.3. The van der Waals surface area contributed by atoms with Crippen LogP contribution in [0.4, 0.5) is 18.0 Å². The molecule has 12 heteroatoms. The number of alkyl carbamates (subject to hydrolysis) is 1. The van der Waals surface area contributed by atoms with Crippen molar-refractivity contribution >= 4 is 28.3 Å². The topological polar surface area (TPSA) is 111 Å². The molecule has 0 aliphatic carbocycles. The van der Waals surface area contributed by atoms with E-state index in [1.807, 2.05) is 0 Å². The first-order valence-electron chi connectivity index (χ1n) is 11.4. The number of amides is 1. The van der Waals surface area contributed by atoms with Crippen LogP contribution in [-0.4, -0.2) is 55.9 Å². The summed E-state index contributed by atoms with van der Waals surface area (Å²) < 4.78 is 78.8. The van der Waals surface area contributed by atoms with Crippen molar-refractivity contribution in [2.45, 2.75) is 84.2 Å². The van der Waals surface area contributed by atoms with Crippen molar-refractivity contribution in [3.63, 3.8) is 0 Å². The molecule has 0 aliphatic heterocycles. The number of alkyl halides is 3. The van der Waals surface area contributed by atoms with Crippen LogP contribution in [0.15, 0.2) is 34.7 Å². The number of nitrogens with one attached hydrogen (secondary N) is 1. The summed E-state index contributed by atoms with van der Waals surface area (Å²) in [6.45, 7) is 9.70. The number of carbonyl (C=O) groups is 2. The van der Waals surface area contributed by atoms with Crippen molar-refractivity contribution in [2.24, 2.45) is 10.3 Å². The fraction of sp³-hybridized carbons (Fsp3) is 0.625. The van der Waals surface area contributed by atoms with Gasteiger partial charge in [0, 0.05) is 12.6 Å². The number of hydrogen-bond donors (Lipinski definition) is 1. The Morgan fingerprint density at radius 1 is 1.00 bits per heavy atom. The first kappa shape index (κ1) is 31.4. The van der Waals surface area contributed by atoms with Crippen LogP contribution >= 0.6 is 0 Å². The minimum Gasteiger partial charge on any atom is -0.458 e. The summed E-state index contributed by atoms with van der Waals surface area (Å²) in [4.78, 5) is 24.6. The van der Waals surface area contributed by atoms with Crippen LogP contribution in [0, 0.1) is 5.92 Å². The van der Waals surface area contributed by atoms with Gasteiger partial charge in [0.1, 0.15) is 17.2 Å². The lowest BCUT2D eigenvalue weighted by Gasteiger charge is -2.25. The van der Waals surface area contributed by atoms with Gasteiger partial charge < -0.3 is 14.8 Å². The van der Waals surface area contributed by atoms with E-state index in [2.05, 4.69) is 9.71 Å². The Labute approximate surface area is 210 Å². The smallest absolute Gasteiger partial charge is 0.408 e. The van der Waals surface area contributed by atoms with Crippen LogP contribution in [0.5, 0.6) is 0 Å². The lowest BCUT2D eigenvalue weighted by atomic mass is 9.96. The quantitative estimate of drug-likeness (QED) is 0.339. The summed E-state index contributed by atoms with van der Waals surface area (Å²) in [5.74, 6) is -3.55. The number of ether oxygens (including phenoxy) is 2. The highest BCUT2D eigenvalue weighted by Gasteiger charge is 2.39. The number of nitrogens with zero attached hydrogens (tertiary/aromatic N) is 1. The number of halogens is 3. The second-order valence-corrected chi connectivity index (χ2v) is 12.0. The molecule has 2 atom stereocenters. The Morgan fingerprint density at radius 2 is 1.56 bits per heavy atom. The van der Waals surface area contributed by atoms with Crippen LogP contribution < -0.4 is 5.32 Å². The SMILES string of the molecule is CC(C)(C)OC(=O)N[C@@H](CC=NS(=O)(=O)CCC(Cc1ccccc1)C(F)(F)F)C(=O)OC(C)(C)C. The van der Waals surface area contributed by atoms with Crippen LogP contribution in [-0.2, 0) is 30.7 Å². The van der Waals surface area contributed by atoms with Crippen molar-refractivity contribution < 1.29 is 40.7 Å². The summed E-state index contributed by atoms with van der Waals surface area (Å²) in [7, 11) is -4.27. The number of sulfonamides is 1. The summed E-state index contributed by atoms with van der Waals surface area (Å²) in [6, 6.07) is 6.65. The first-order valence-corrected chi connectivity index (χ1v) is 13.0. The molecule has 1 amide bonds. The molecular formula is C24H35F3N2O6S. The summed E-state index contributed by atoms with van der Waals surface area (Å²) >= 11 is 0. The third-order valence-corrected chi connectivity index (χ3v) is 5.69. The van der Waals surface area contributed by atoms with Crippen molar-refractivity contribution in [1.29, 1.82) is 0 Å². The predicted molar refractivity (Wildman–Crippen MR) is 130 cm³/mol. The molecule has 8 nitrogen and oxygen atoms in total. The third kappa shape index (κ3) is 13.5. The van der Waals surface area contributed by atoms with E-state index in [-0.39, 0.29) is 12.8 Å². The molecule has 0 aliphatic rings. The second-order valence-electron chi connectivity index (χ2n) is 10.3. The van der Waals surface area contributed by atoms with Gasteiger partial charge in [0.05, 0.1) is 11.7 Å². The van der Waals surface area contributed by atoms with E-state index in [1.165, 1.54) is 0 Å². The maximum Gasteiger partial charge on any atom is 0.408 e. The molecule has 1 aromatic carbocycles. The Balaban J connectivity index is 2.88. The molecule has 0 radical (unpaired) electrons. The highest BCUT2D eigenvalue weighted by molar-refractivity contribution is 7.90. The van der Waals surface area contributed by atoms with Gasteiger partial charge in [-0.15, -0.1) is 0 Å². The molecule has 0 bridgehead atoms. The highest BCUT2D eigenvalue weighted by Crippen LogP contribution is 2.32. The normalized spacial score (nSPS) is 14.8. The van der Waals surface area contributed by atoms with Crippen molar-refractivity contribution in [3.05, 3.63) is 35.9 Å². The van der Waals surface area contributed by atoms with Gasteiger partial charge in [-0.3, -0.25) is 0 Å². The maximum absolute atomic E-state index is 13.5. The second kappa shape index (κ2) is 12.6. The fourth-order valence-electron chi connectivity index (χ4n) is 2.92. The largest absolute Gasteiger partial charge is 0.458 e. The molecule has 1 rings (SSSR count). The molecule has 0 spiro atoms. The Hall–Kier alpha value is -2.63. The number of rotatable bonds is 10. The van der Waals surface area contributed by atoms with Gasteiger partial charge in [0.2, 0.25) is 0 Å². The van der Waals surface area contributed by atoms with Gasteiger partial charge in [-0.25, -0.2) is 18.0 Å². The Kier molecular flexibility index (Phi) is 11.0. The van der Waals surface area contributed by atoms with Gasteiger partial charge in [-0.2, -0.15) is 17.6 Å². The van der Waals surface area contributed by atoms with Crippen LogP contribution in [0.3, 0.4) is 0 Å². The molecule has 1 N–H and O–H groups in total. The molecular weight excluding hydrogens is 501 g/mol. The molecule has 0 aromatic heterocycles. The van der Waals surface area contributed by atoms with E-state index >= 15 is 0 Å². The van der Waals surface area contributed by atoms with E-state index in [4.69, 9.17) is 9.47 Å². The molecule has 0 saturated carbocycles. The van der Waals surface area contributed by atoms with E-state index in [0.717, 1.165) is 6.21 Å². The van der Waals surface area contributed by atoms with Gasteiger partial charge in [-0.1, -0.05) is 30.3 Å². The van der Waals surface area contributed by atoms with Crippen LogP contribution in [0.1, 0.15) is 59.9 Å². The van der Waals surface area contributed by atoms with Gasteiger partial charge in [0.15, 0.2) is 0 Å². The van der Waals surface area contributed by atoms with Gasteiger partial charge in [-0.05, 0) is 59.9 Å². The van der Waals surface area contributed by atoms with E-state index in [1.54, 1.807) is 71.9 Å². The lowest BCUT2D eigenvalue weighted by Crippen LogP contribution is -2.46. The van der Waals surface area contributed by atoms with E-state index in [0.29, 0.717) is 5.56 Å². The molecule has 204 valence electrons. The predicted octanol–water partition coefficient (Wildman–Crippen LogP) is 4.82. The van der Waals surface area contributed by atoms with E-state index in [9.17, 15) is 31.2 Å². The minimum atomic E-state index is -4.59. The number of benzene rings is 1. The van der Waals surface area contributed by atoms with Crippen molar-refractivity contribution in [1.82, 2.24) is 5.32 Å². The van der Waals surface area contributed by atoms with Crippen LogP contribution in [0.2, 0.25) is 0 Å². The molecule has 0 fully saturated rings. The summed E-state index contributed by atoms with van der Waals surface area (Å²) in [5, 5.41) is 2.31. The average molecular weight is 537 g/mol. The number of esters is 1. The monoisotopic (exact) mass is 536 g/mol. The third-order valence-electron chi connectivity index (χ3n) is 4.47. The molecule has 1 unspecified atom stereocenters. The molecule has 1 aromatic rings. The highest BCUT2D eigenvalue weighted by atomic mass is 32.2.